The van der Waals surface area contributed by atoms with Gasteiger partial charge in [0.25, 0.3) is 0 Å². The minimum absolute atomic E-state index is 0.0485. The molecule has 0 spiro atoms. The molecule has 0 atom stereocenters. The zero-order valence-corrected chi connectivity index (χ0v) is 13.1. The van der Waals surface area contributed by atoms with Gasteiger partial charge in [-0.15, -0.1) is 0 Å². The lowest BCUT2D eigenvalue weighted by Crippen LogP contribution is -2.48. The smallest absolute Gasteiger partial charge is 0.328 e. The van der Waals surface area contributed by atoms with Gasteiger partial charge in [-0.1, -0.05) is 17.7 Å². The monoisotopic (exact) mass is 335 g/mol. The van der Waals surface area contributed by atoms with Gasteiger partial charge in [0, 0.05) is 24.7 Å². The second-order valence-corrected chi connectivity index (χ2v) is 4.88. The lowest BCUT2D eigenvalue weighted by atomic mass is 10.3. The third kappa shape index (κ3) is 4.62. The van der Waals surface area contributed by atoms with E-state index < -0.39 is 6.03 Å². The zero-order valence-electron chi connectivity index (χ0n) is 12.3. The molecule has 8 nitrogen and oxygen atoms in total. The van der Waals surface area contributed by atoms with Gasteiger partial charge in [0.15, 0.2) is 0 Å². The van der Waals surface area contributed by atoms with Crippen LogP contribution in [0.4, 0.5) is 4.79 Å². The lowest BCUT2D eigenvalue weighted by molar-refractivity contribution is -0.121. The Labute approximate surface area is 137 Å². The van der Waals surface area contributed by atoms with Gasteiger partial charge in [-0.3, -0.25) is 15.0 Å². The van der Waals surface area contributed by atoms with E-state index in [2.05, 4.69) is 27.0 Å². The van der Waals surface area contributed by atoms with Gasteiger partial charge in [-0.2, -0.15) is 0 Å². The fourth-order valence-corrected chi connectivity index (χ4v) is 1.91. The van der Waals surface area contributed by atoms with E-state index in [-0.39, 0.29) is 35.9 Å². The SMILES string of the molecule is C=N/C(=N\C=C(/C)N1CCC(=O)NC1=O)Oc1cccc(Cl)n1. The number of halogens is 1. The first-order chi connectivity index (χ1) is 11.0. The Morgan fingerprint density at radius 3 is 2.96 bits per heavy atom. The van der Waals surface area contributed by atoms with E-state index in [0.29, 0.717) is 5.70 Å². The second kappa shape index (κ2) is 7.50. The summed E-state index contributed by atoms with van der Waals surface area (Å²) in [5, 5.41) is 2.50. The maximum Gasteiger partial charge on any atom is 0.328 e. The largest absolute Gasteiger partial charge is 0.405 e. The first kappa shape index (κ1) is 16.6. The Balaban J connectivity index is 2.09. The number of rotatable bonds is 3. The molecular weight excluding hydrogens is 322 g/mol. The Hall–Kier alpha value is -2.74. The first-order valence-corrected chi connectivity index (χ1v) is 7.00. The minimum atomic E-state index is -0.490. The molecule has 23 heavy (non-hydrogen) atoms. The van der Waals surface area contributed by atoms with Crippen molar-refractivity contribution in [3.8, 4) is 5.88 Å². The maximum absolute atomic E-state index is 11.7. The van der Waals surface area contributed by atoms with Crippen molar-refractivity contribution in [3.63, 3.8) is 0 Å². The Kier molecular flexibility index (Phi) is 5.42. The van der Waals surface area contributed by atoms with Crippen LogP contribution in [0.3, 0.4) is 0 Å². The van der Waals surface area contributed by atoms with Gasteiger partial charge in [0.05, 0.1) is 6.20 Å². The third-order valence-corrected chi connectivity index (χ3v) is 3.07. The number of amidine groups is 1. The molecule has 9 heteroatoms. The highest BCUT2D eigenvalue weighted by atomic mass is 35.5. The van der Waals surface area contributed by atoms with Crippen LogP contribution in [-0.2, 0) is 4.79 Å². The molecule has 1 aliphatic rings. The molecule has 3 amide bonds. The number of ether oxygens (including phenoxy) is 1. The van der Waals surface area contributed by atoms with Crippen LogP contribution in [0.1, 0.15) is 13.3 Å². The fraction of sp³-hybridized carbons (Fsp3) is 0.214. The molecule has 1 aliphatic heterocycles. The van der Waals surface area contributed by atoms with Crippen molar-refractivity contribution in [1.82, 2.24) is 15.2 Å². The third-order valence-electron chi connectivity index (χ3n) is 2.86. The number of hydrogen-bond donors (Lipinski definition) is 1. The molecule has 1 saturated heterocycles. The number of nitrogens with one attached hydrogen (secondary N) is 1. The predicted molar refractivity (Wildman–Crippen MR) is 85.5 cm³/mol. The first-order valence-electron chi connectivity index (χ1n) is 6.62. The molecule has 0 saturated carbocycles. The van der Waals surface area contributed by atoms with Crippen LogP contribution in [-0.4, -0.2) is 41.1 Å². The van der Waals surface area contributed by atoms with Crippen molar-refractivity contribution in [2.45, 2.75) is 13.3 Å². The van der Waals surface area contributed by atoms with Gasteiger partial charge >= 0.3 is 12.1 Å². The lowest BCUT2D eigenvalue weighted by Gasteiger charge is -2.26. The second-order valence-electron chi connectivity index (χ2n) is 4.50. The summed E-state index contributed by atoms with van der Waals surface area (Å²) in [5.74, 6) is -0.0811. The van der Waals surface area contributed by atoms with E-state index in [4.69, 9.17) is 16.3 Å². The van der Waals surface area contributed by atoms with Crippen molar-refractivity contribution in [1.29, 1.82) is 0 Å². The molecule has 1 N–H and O–H groups in total. The van der Waals surface area contributed by atoms with E-state index in [1.54, 1.807) is 25.1 Å². The van der Waals surface area contributed by atoms with Gasteiger partial charge in [0.1, 0.15) is 5.15 Å². The summed E-state index contributed by atoms with van der Waals surface area (Å²) in [4.78, 5) is 35.8. The van der Waals surface area contributed by atoms with Crippen LogP contribution in [0.5, 0.6) is 5.88 Å². The fourth-order valence-electron chi connectivity index (χ4n) is 1.76. The molecule has 0 aromatic carbocycles. The van der Waals surface area contributed by atoms with Crippen molar-refractivity contribution in [3.05, 3.63) is 35.2 Å². The normalized spacial score (nSPS) is 16.2. The number of carbonyl (C=O) groups is 2. The highest BCUT2D eigenvalue weighted by molar-refractivity contribution is 6.29. The number of aliphatic imine (C=N–C) groups is 2. The molecule has 1 aromatic heterocycles. The Morgan fingerprint density at radius 1 is 1.52 bits per heavy atom. The standard InChI is InChI=1S/C14H14ClN5O3/c1-9(20-7-6-11(21)19-14(20)22)8-17-13(16-2)23-12-5-3-4-10(15)18-12/h3-5,8H,2,6-7H2,1H3,(H,19,21,22)/b9-8+,17-13+. The van der Waals surface area contributed by atoms with Crippen LogP contribution in [0.2, 0.25) is 5.15 Å². The molecule has 1 aromatic rings. The number of aromatic nitrogens is 1. The maximum atomic E-state index is 11.7. The van der Waals surface area contributed by atoms with Crippen LogP contribution in [0.25, 0.3) is 0 Å². The topological polar surface area (TPSA) is 96.2 Å². The molecule has 2 heterocycles. The van der Waals surface area contributed by atoms with E-state index in [1.165, 1.54) is 11.1 Å². The molecule has 2 rings (SSSR count). The highest BCUT2D eigenvalue weighted by Gasteiger charge is 2.23. The molecule has 120 valence electrons. The summed E-state index contributed by atoms with van der Waals surface area (Å²) in [5.41, 5.74) is 0.527. The summed E-state index contributed by atoms with van der Waals surface area (Å²) in [6.07, 6.45) is 1.63. The number of pyridine rings is 1. The van der Waals surface area contributed by atoms with E-state index >= 15 is 0 Å². The van der Waals surface area contributed by atoms with Crippen LogP contribution in [0, 0.1) is 0 Å². The van der Waals surface area contributed by atoms with Crippen molar-refractivity contribution in [2.24, 2.45) is 9.98 Å². The molecule has 1 fully saturated rings. The van der Waals surface area contributed by atoms with Crippen molar-refractivity contribution >= 4 is 36.3 Å². The Morgan fingerprint density at radius 2 is 2.30 bits per heavy atom. The highest BCUT2D eigenvalue weighted by Crippen LogP contribution is 2.13. The van der Waals surface area contributed by atoms with Crippen LogP contribution < -0.4 is 10.1 Å². The number of imide groups is 1. The number of carbonyl (C=O) groups excluding carboxylic acids is 2. The van der Waals surface area contributed by atoms with E-state index in [1.807, 2.05) is 0 Å². The van der Waals surface area contributed by atoms with Crippen molar-refractivity contribution in [2.75, 3.05) is 6.54 Å². The van der Waals surface area contributed by atoms with Crippen LogP contribution in [0.15, 0.2) is 40.1 Å². The van der Waals surface area contributed by atoms with Crippen LogP contribution >= 0.6 is 11.6 Å². The summed E-state index contributed by atoms with van der Waals surface area (Å²) in [6.45, 7) is 5.33. The number of allylic oxidation sites excluding steroid dienone is 1. The van der Waals surface area contributed by atoms with E-state index in [9.17, 15) is 9.59 Å². The summed E-state index contributed by atoms with van der Waals surface area (Å²) in [6, 6.07) is 4.32. The van der Waals surface area contributed by atoms with Gasteiger partial charge < -0.3 is 4.74 Å². The summed E-state index contributed by atoms with van der Waals surface area (Å²) < 4.78 is 5.33. The quantitative estimate of drug-likeness (QED) is 0.519. The summed E-state index contributed by atoms with van der Waals surface area (Å²) >= 11 is 5.76. The zero-order chi connectivity index (χ0) is 16.8. The molecule has 0 unspecified atom stereocenters. The van der Waals surface area contributed by atoms with Gasteiger partial charge in [-0.05, 0) is 19.7 Å². The Bertz CT molecular complexity index is 701. The number of urea groups is 1. The predicted octanol–water partition coefficient (Wildman–Crippen LogP) is 1.97. The number of nitrogens with zero attached hydrogens (tertiary/aromatic N) is 4. The molecule has 0 aliphatic carbocycles. The van der Waals surface area contributed by atoms with Gasteiger partial charge in [0.2, 0.25) is 11.8 Å². The van der Waals surface area contributed by atoms with E-state index in [0.717, 1.165) is 0 Å². The minimum Gasteiger partial charge on any atom is -0.405 e. The molecular formula is C14H14ClN5O3. The average molecular weight is 336 g/mol. The van der Waals surface area contributed by atoms with Gasteiger partial charge in [-0.25, -0.2) is 19.8 Å². The number of amides is 3. The molecule has 0 radical (unpaired) electrons. The summed E-state index contributed by atoms with van der Waals surface area (Å²) in [7, 11) is 0. The van der Waals surface area contributed by atoms with Crippen molar-refractivity contribution < 1.29 is 14.3 Å². The molecule has 0 bridgehead atoms. The average Bonchev–Trinajstić information content (AvgIpc) is 2.51. The number of hydrogen-bond acceptors (Lipinski definition) is 5.